The number of hydrogen-bond donors (Lipinski definition) is 0. The van der Waals surface area contributed by atoms with Crippen LogP contribution in [0.5, 0.6) is 0 Å². The second-order valence-corrected chi connectivity index (χ2v) is 0.930. The summed E-state index contributed by atoms with van der Waals surface area (Å²) < 4.78 is 4.26. The van der Waals surface area contributed by atoms with E-state index in [1.54, 1.807) is 6.92 Å². The van der Waals surface area contributed by atoms with Gasteiger partial charge in [-0.15, -0.1) is 13.2 Å². The summed E-state index contributed by atoms with van der Waals surface area (Å²) in [5.74, 6) is -0.157. The maximum atomic E-state index is 9.96. The minimum absolute atomic E-state index is 0.157. The highest BCUT2D eigenvalue weighted by Crippen LogP contribution is 1.76. The van der Waals surface area contributed by atoms with E-state index in [2.05, 4.69) is 17.9 Å². The molecule has 2 nitrogen and oxygen atoms in total. The molecule has 0 aliphatic carbocycles. The summed E-state index contributed by atoms with van der Waals surface area (Å²) in [6.45, 7) is 7.76. The van der Waals surface area contributed by atoms with E-state index in [4.69, 9.17) is 0 Å². The summed E-state index contributed by atoms with van der Waals surface area (Å²) in [7, 11) is 1.38. The molecule has 0 N–H and O–H groups in total. The fraction of sp³-hybridized carbons (Fsp3) is 0.500. The Morgan fingerprint density at radius 2 is 2.00 bits per heavy atom. The molecule has 0 saturated carbocycles. The van der Waals surface area contributed by atoms with E-state index in [1.807, 2.05) is 0 Å². The van der Waals surface area contributed by atoms with Gasteiger partial charge in [-0.3, -0.25) is 4.79 Å². The molecule has 0 aromatic rings. The van der Waals surface area contributed by atoms with E-state index < -0.39 is 0 Å². The Hall–Kier alpha value is -0.790. The molecule has 0 heterocycles. The molecular formula is C6H12O2. The zero-order valence-corrected chi connectivity index (χ0v) is 5.44. The maximum Gasteiger partial charge on any atom is 0.305 e. The summed E-state index contributed by atoms with van der Waals surface area (Å²) in [4.78, 5) is 9.96. The molecule has 0 saturated heterocycles. The molecule has 48 valence electrons. The summed E-state index contributed by atoms with van der Waals surface area (Å²) >= 11 is 0. The van der Waals surface area contributed by atoms with Gasteiger partial charge in [0, 0.05) is 6.42 Å². The van der Waals surface area contributed by atoms with Crippen molar-refractivity contribution in [2.45, 2.75) is 13.3 Å². The van der Waals surface area contributed by atoms with Gasteiger partial charge in [0.15, 0.2) is 0 Å². The Bertz CT molecular complexity index is 53.5. The molecule has 0 aromatic carbocycles. The number of hydrogen-bond acceptors (Lipinski definition) is 2. The third kappa shape index (κ3) is 8.96. The van der Waals surface area contributed by atoms with Gasteiger partial charge in [-0.2, -0.15) is 0 Å². The van der Waals surface area contributed by atoms with Crippen molar-refractivity contribution in [1.82, 2.24) is 0 Å². The van der Waals surface area contributed by atoms with Crippen molar-refractivity contribution in [3.05, 3.63) is 13.2 Å². The first-order valence-electron chi connectivity index (χ1n) is 2.38. The predicted octanol–water partition coefficient (Wildman–Crippen LogP) is 1.37. The van der Waals surface area contributed by atoms with Crippen molar-refractivity contribution in [2.24, 2.45) is 0 Å². The Labute approximate surface area is 50.2 Å². The van der Waals surface area contributed by atoms with Crippen molar-refractivity contribution < 1.29 is 9.53 Å². The van der Waals surface area contributed by atoms with Crippen molar-refractivity contribution in [3.8, 4) is 0 Å². The third-order valence-corrected chi connectivity index (χ3v) is 0.516. The molecule has 0 aliphatic heterocycles. The minimum Gasteiger partial charge on any atom is -0.469 e. The van der Waals surface area contributed by atoms with Gasteiger partial charge in [0.05, 0.1) is 7.11 Å². The van der Waals surface area contributed by atoms with Gasteiger partial charge >= 0.3 is 5.97 Å². The van der Waals surface area contributed by atoms with Crippen LogP contribution >= 0.6 is 0 Å². The van der Waals surface area contributed by atoms with Gasteiger partial charge in [-0.05, 0) is 0 Å². The van der Waals surface area contributed by atoms with Crippen LogP contribution in [0.15, 0.2) is 13.2 Å². The summed E-state index contributed by atoms with van der Waals surface area (Å²) in [6, 6.07) is 0. The molecule has 0 unspecified atom stereocenters. The molecule has 0 rings (SSSR count). The predicted molar refractivity (Wildman–Crippen MR) is 33.6 cm³/mol. The number of rotatable bonds is 1. The van der Waals surface area contributed by atoms with E-state index >= 15 is 0 Å². The average Bonchev–Trinajstić information content (AvgIpc) is 1.91. The van der Waals surface area contributed by atoms with Crippen LogP contribution in [0.1, 0.15) is 13.3 Å². The van der Waals surface area contributed by atoms with Crippen LogP contribution in [0.2, 0.25) is 0 Å². The molecule has 0 bridgehead atoms. The quantitative estimate of drug-likeness (QED) is 0.382. The van der Waals surface area contributed by atoms with Crippen LogP contribution < -0.4 is 0 Å². The lowest BCUT2D eigenvalue weighted by Crippen LogP contribution is -1.94. The lowest BCUT2D eigenvalue weighted by Gasteiger charge is -1.87. The Kier molecular flexibility index (Phi) is 12.2. The summed E-state index contributed by atoms with van der Waals surface area (Å²) in [5, 5.41) is 0. The molecule has 0 fully saturated rings. The first kappa shape index (κ1) is 10.2. The number of ether oxygens (including phenoxy) is 1. The highest BCUT2D eigenvalue weighted by molar-refractivity contribution is 5.68. The molecule has 0 aromatic heterocycles. The van der Waals surface area contributed by atoms with Crippen molar-refractivity contribution in [3.63, 3.8) is 0 Å². The Morgan fingerprint density at radius 1 is 1.62 bits per heavy atom. The first-order valence-corrected chi connectivity index (χ1v) is 2.38. The molecule has 0 aliphatic rings. The zero-order chi connectivity index (χ0) is 6.99. The normalized spacial score (nSPS) is 6.25. The van der Waals surface area contributed by atoms with Crippen molar-refractivity contribution in [1.29, 1.82) is 0 Å². The highest BCUT2D eigenvalue weighted by atomic mass is 16.5. The van der Waals surface area contributed by atoms with Gasteiger partial charge in [-0.1, -0.05) is 6.92 Å². The fourth-order valence-corrected chi connectivity index (χ4v) is 0.144. The number of methoxy groups -OCH3 is 1. The first-order chi connectivity index (χ1) is 3.81. The van der Waals surface area contributed by atoms with E-state index in [0.29, 0.717) is 6.42 Å². The van der Waals surface area contributed by atoms with Gasteiger partial charge in [0.1, 0.15) is 0 Å². The second kappa shape index (κ2) is 9.51. The average molecular weight is 116 g/mol. The SMILES string of the molecule is C=C.CCC(=O)OC. The molecule has 0 spiro atoms. The monoisotopic (exact) mass is 116 g/mol. The van der Waals surface area contributed by atoms with Crippen molar-refractivity contribution >= 4 is 5.97 Å². The lowest BCUT2D eigenvalue weighted by atomic mass is 10.5. The maximum absolute atomic E-state index is 9.96. The minimum atomic E-state index is -0.157. The van der Waals surface area contributed by atoms with Gasteiger partial charge in [0.25, 0.3) is 0 Å². The van der Waals surface area contributed by atoms with Gasteiger partial charge < -0.3 is 4.74 Å². The lowest BCUT2D eigenvalue weighted by molar-refractivity contribution is -0.140. The largest absolute Gasteiger partial charge is 0.469 e. The fourth-order valence-electron chi connectivity index (χ4n) is 0.144. The van der Waals surface area contributed by atoms with Crippen LogP contribution in [0, 0.1) is 0 Å². The number of esters is 1. The molecule has 0 radical (unpaired) electrons. The van der Waals surface area contributed by atoms with Gasteiger partial charge in [0.2, 0.25) is 0 Å². The zero-order valence-electron chi connectivity index (χ0n) is 5.44. The molecule has 0 atom stereocenters. The summed E-state index contributed by atoms with van der Waals surface area (Å²) in [5.41, 5.74) is 0. The van der Waals surface area contributed by atoms with E-state index in [1.165, 1.54) is 7.11 Å². The Balaban J connectivity index is 0. The molecule has 0 amide bonds. The smallest absolute Gasteiger partial charge is 0.305 e. The highest BCUT2D eigenvalue weighted by Gasteiger charge is 1.87. The summed E-state index contributed by atoms with van der Waals surface area (Å²) in [6.07, 6.45) is 0.469. The van der Waals surface area contributed by atoms with Gasteiger partial charge in [-0.25, -0.2) is 0 Å². The van der Waals surface area contributed by atoms with Crippen molar-refractivity contribution in [2.75, 3.05) is 7.11 Å². The number of carbonyl (C=O) groups excluding carboxylic acids is 1. The number of carbonyl (C=O) groups is 1. The standard InChI is InChI=1S/C4H8O2.C2H4/c1-3-4(5)6-2;1-2/h3H2,1-2H3;1-2H2. The molecule has 8 heavy (non-hydrogen) atoms. The third-order valence-electron chi connectivity index (χ3n) is 0.516. The van der Waals surface area contributed by atoms with E-state index in [0.717, 1.165) is 0 Å². The van der Waals surface area contributed by atoms with E-state index in [9.17, 15) is 4.79 Å². The second-order valence-electron chi connectivity index (χ2n) is 0.930. The van der Waals surface area contributed by atoms with Crippen LogP contribution in [-0.2, 0) is 9.53 Å². The Morgan fingerprint density at radius 3 is 2.00 bits per heavy atom. The molecular weight excluding hydrogens is 104 g/mol. The van der Waals surface area contributed by atoms with Crippen LogP contribution in [0.4, 0.5) is 0 Å². The van der Waals surface area contributed by atoms with Crippen LogP contribution in [0.3, 0.4) is 0 Å². The van der Waals surface area contributed by atoms with Crippen LogP contribution in [-0.4, -0.2) is 13.1 Å². The molecule has 2 heteroatoms. The topological polar surface area (TPSA) is 26.3 Å². The van der Waals surface area contributed by atoms with Crippen LogP contribution in [0.25, 0.3) is 0 Å². The van der Waals surface area contributed by atoms with E-state index in [-0.39, 0.29) is 5.97 Å².